The van der Waals surface area contributed by atoms with Crippen LogP contribution in [0.5, 0.6) is 5.75 Å². The molecule has 0 aliphatic heterocycles. The molecule has 1 aromatic carbocycles. The van der Waals surface area contributed by atoms with Gasteiger partial charge in [0.1, 0.15) is 5.75 Å². The van der Waals surface area contributed by atoms with Gasteiger partial charge in [0.25, 0.3) is 0 Å². The zero-order chi connectivity index (χ0) is 13.6. The Morgan fingerprint density at radius 3 is 2.56 bits per heavy atom. The van der Waals surface area contributed by atoms with Crippen LogP contribution < -0.4 is 10.1 Å². The van der Waals surface area contributed by atoms with Crippen LogP contribution in [0.2, 0.25) is 0 Å². The lowest BCUT2D eigenvalue weighted by Crippen LogP contribution is -2.42. The molecule has 1 aromatic rings. The molecule has 1 N–H and O–H groups in total. The second-order valence-corrected chi connectivity index (χ2v) is 5.03. The number of methoxy groups -OCH3 is 1. The highest BCUT2D eigenvalue weighted by Gasteiger charge is 2.28. The molecule has 0 unspecified atom stereocenters. The SMILES string of the molecule is CCNCCN(C)C(C)(C)c1ccccc1OC. The quantitative estimate of drug-likeness (QED) is 0.752. The number of para-hydroxylation sites is 1. The maximum absolute atomic E-state index is 5.47. The third-order valence-corrected chi connectivity index (χ3v) is 3.59. The van der Waals surface area contributed by atoms with Crippen molar-refractivity contribution < 1.29 is 4.74 Å². The molecule has 3 heteroatoms. The van der Waals surface area contributed by atoms with Crippen molar-refractivity contribution >= 4 is 0 Å². The van der Waals surface area contributed by atoms with E-state index in [-0.39, 0.29) is 5.54 Å². The summed E-state index contributed by atoms with van der Waals surface area (Å²) < 4.78 is 5.47. The zero-order valence-corrected chi connectivity index (χ0v) is 12.3. The van der Waals surface area contributed by atoms with Gasteiger partial charge in [-0.3, -0.25) is 4.90 Å². The summed E-state index contributed by atoms with van der Waals surface area (Å²) in [6.07, 6.45) is 0. The zero-order valence-electron chi connectivity index (χ0n) is 12.3. The average Bonchev–Trinajstić information content (AvgIpc) is 2.38. The summed E-state index contributed by atoms with van der Waals surface area (Å²) in [5.41, 5.74) is 1.19. The maximum Gasteiger partial charge on any atom is 0.123 e. The highest BCUT2D eigenvalue weighted by molar-refractivity contribution is 5.38. The van der Waals surface area contributed by atoms with E-state index in [1.54, 1.807) is 7.11 Å². The van der Waals surface area contributed by atoms with Gasteiger partial charge in [0.05, 0.1) is 7.11 Å². The van der Waals surface area contributed by atoms with Gasteiger partial charge in [0.2, 0.25) is 0 Å². The molecule has 0 saturated carbocycles. The molecule has 3 nitrogen and oxygen atoms in total. The Bertz CT molecular complexity index is 363. The lowest BCUT2D eigenvalue weighted by molar-refractivity contribution is 0.153. The topological polar surface area (TPSA) is 24.5 Å². The number of likely N-dealkylation sites (N-methyl/N-ethyl adjacent to an activating group) is 2. The van der Waals surface area contributed by atoms with Gasteiger partial charge in [-0.2, -0.15) is 0 Å². The van der Waals surface area contributed by atoms with Gasteiger partial charge in [-0.15, -0.1) is 0 Å². The standard InChI is InChI=1S/C15H26N2O/c1-6-16-11-12-17(4)15(2,3)13-9-7-8-10-14(13)18-5/h7-10,16H,6,11-12H2,1-5H3. The van der Waals surface area contributed by atoms with E-state index in [9.17, 15) is 0 Å². The van der Waals surface area contributed by atoms with Crippen molar-refractivity contribution in [2.45, 2.75) is 26.3 Å². The highest BCUT2D eigenvalue weighted by atomic mass is 16.5. The lowest BCUT2D eigenvalue weighted by atomic mass is 9.91. The molecule has 0 fully saturated rings. The number of hydrogen-bond donors (Lipinski definition) is 1. The van der Waals surface area contributed by atoms with Crippen molar-refractivity contribution in [3.05, 3.63) is 29.8 Å². The Kier molecular flexibility index (Phi) is 5.63. The third kappa shape index (κ3) is 3.47. The molecule has 0 saturated heterocycles. The Morgan fingerprint density at radius 1 is 1.28 bits per heavy atom. The van der Waals surface area contributed by atoms with Crippen molar-refractivity contribution in [2.75, 3.05) is 33.8 Å². The molecular weight excluding hydrogens is 224 g/mol. The van der Waals surface area contributed by atoms with E-state index in [0.29, 0.717) is 0 Å². The molecule has 0 aromatic heterocycles. The van der Waals surface area contributed by atoms with E-state index >= 15 is 0 Å². The monoisotopic (exact) mass is 250 g/mol. The first-order valence-electron chi connectivity index (χ1n) is 6.59. The minimum absolute atomic E-state index is 0.0397. The van der Waals surface area contributed by atoms with Crippen molar-refractivity contribution in [1.29, 1.82) is 0 Å². The summed E-state index contributed by atoms with van der Waals surface area (Å²) in [7, 11) is 3.89. The lowest BCUT2D eigenvalue weighted by Gasteiger charge is -2.37. The van der Waals surface area contributed by atoms with Crippen LogP contribution >= 0.6 is 0 Å². The summed E-state index contributed by atoms with van der Waals surface area (Å²) in [6.45, 7) is 9.63. The summed E-state index contributed by atoms with van der Waals surface area (Å²) in [5.74, 6) is 0.956. The van der Waals surface area contributed by atoms with Gasteiger partial charge in [-0.1, -0.05) is 25.1 Å². The molecule has 1 rings (SSSR count). The third-order valence-electron chi connectivity index (χ3n) is 3.59. The van der Waals surface area contributed by atoms with Crippen LogP contribution in [0.15, 0.2) is 24.3 Å². The summed E-state index contributed by atoms with van der Waals surface area (Å²) in [5, 5.41) is 3.36. The summed E-state index contributed by atoms with van der Waals surface area (Å²) in [4.78, 5) is 2.35. The molecule has 0 atom stereocenters. The Labute approximate surface area is 111 Å². The largest absolute Gasteiger partial charge is 0.496 e. The molecule has 18 heavy (non-hydrogen) atoms. The van der Waals surface area contributed by atoms with Gasteiger partial charge in [-0.25, -0.2) is 0 Å². The van der Waals surface area contributed by atoms with Crippen LogP contribution in [0.4, 0.5) is 0 Å². The minimum Gasteiger partial charge on any atom is -0.496 e. The van der Waals surface area contributed by atoms with Crippen LogP contribution in [0.25, 0.3) is 0 Å². The van der Waals surface area contributed by atoms with Gasteiger partial charge in [0, 0.05) is 24.2 Å². The van der Waals surface area contributed by atoms with E-state index < -0.39 is 0 Å². The minimum atomic E-state index is -0.0397. The molecular formula is C15H26N2O. The van der Waals surface area contributed by atoms with Gasteiger partial charge in [0.15, 0.2) is 0 Å². The number of nitrogens with one attached hydrogen (secondary N) is 1. The molecule has 0 spiro atoms. The van der Waals surface area contributed by atoms with Gasteiger partial charge >= 0.3 is 0 Å². The van der Waals surface area contributed by atoms with E-state index in [1.165, 1.54) is 5.56 Å². The second kappa shape index (κ2) is 6.76. The molecule has 0 aliphatic carbocycles. The molecule has 0 aliphatic rings. The fourth-order valence-corrected chi connectivity index (χ4v) is 2.06. The van der Waals surface area contributed by atoms with Gasteiger partial charge in [-0.05, 0) is 33.5 Å². The predicted molar refractivity (Wildman–Crippen MR) is 77.2 cm³/mol. The van der Waals surface area contributed by atoms with Crippen LogP contribution in [0, 0.1) is 0 Å². The Balaban J connectivity index is 2.83. The normalized spacial score (nSPS) is 11.9. The average molecular weight is 250 g/mol. The molecule has 102 valence electrons. The van der Waals surface area contributed by atoms with Crippen LogP contribution in [-0.4, -0.2) is 38.7 Å². The van der Waals surface area contributed by atoms with Crippen molar-refractivity contribution in [2.24, 2.45) is 0 Å². The summed E-state index contributed by atoms with van der Waals surface area (Å²) in [6, 6.07) is 8.24. The second-order valence-electron chi connectivity index (χ2n) is 5.03. The van der Waals surface area contributed by atoms with E-state index in [0.717, 1.165) is 25.4 Å². The first kappa shape index (κ1) is 15.0. The van der Waals surface area contributed by atoms with Gasteiger partial charge < -0.3 is 10.1 Å². The van der Waals surface area contributed by atoms with Crippen molar-refractivity contribution in [3.8, 4) is 5.75 Å². The fraction of sp³-hybridized carbons (Fsp3) is 0.600. The molecule has 0 bridgehead atoms. The number of hydrogen-bond acceptors (Lipinski definition) is 3. The Hall–Kier alpha value is -1.06. The van der Waals surface area contributed by atoms with Crippen LogP contribution in [0.1, 0.15) is 26.3 Å². The first-order valence-corrected chi connectivity index (χ1v) is 6.59. The predicted octanol–water partition coefficient (Wildman–Crippen LogP) is 2.47. The first-order chi connectivity index (χ1) is 8.54. The molecule has 0 radical (unpaired) electrons. The fourth-order valence-electron chi connectivity index (χ4n) is 2.06. The smallest absolute Gasteiger partial charge is 0.123 e. The van der Waals surface area contributed by atoms with E-state index in [4.69, 9.17) is 4.74 Å². The van der Waals surface area contributed by atoms with Crippen molar-refractivity contribution in [1.82, 2.24) is 10.2 Å². The summed E-state index contributed by atoms with van der Waals surface area (Å²) >= 11 is 0. The number of rotatable bonds is 7. The van der Waals surface area contributed by atoms with Crippen molar-refractivity contribution in [3.63, 3.8) is 0 Å². The van der Waals surface area contributed by atoms with Crippen LogP contribution in [0.3, 0.4) is 0 Å². The number of ether oxygens (including phenoxy) is 1. The molecule has 0 heterocycles. The highest BCUT2D eigenvalue weighted by Crippen LogP contribution is 2.33. The number of nitrogens with zero attached hydrogens (tertiary/aromatic N) is 1. The number of benzene rings is 1. The Morgan fingerprint density at radius 2 is 1.94 bits per heavy atom. The van der Waals surface area contributed by atoms with E-state index in [2.05, 4.69) is 50.2 Å². The molecule has 0 amide bonds. The van der Waals surface area contributed by atoms with Crippen LogP contribution in [-0.2, 0) is 5.54 Å². The maximum atomic E-state index is 5.47. The van der Waals surface area contributed by atoms with E-state index in [1.807, 2.05) is 12.1 Å².